The molecule has 1 heterocycles. The normalized spacial score (nSPS) is 15.3. The number of anilines is 1. The fraction of sp³-hybridized carbons (Fsp3) is 0.435. The van der Waals surface area contributed by atoms with Gasteiger partial charge in [0.2, 0.25) is 11.8 Å². The molecular formula is C23H28ClN3O3. The molecule has 3 rings (SSSR count). The quantitative estimate of drug-likeness (QED) is 0.671. The summed E-state index contributed by atoms with van der Waals surface area (Å²) in [4.78, 5) is 32.2. The number of aryl methyl sites for hydroxylation is 1. The van der Waals surface area contributed by atoms with Gasteiger partial charge in [0, 0.05) is 24.0 Å². The molecule has 0 radical (unpaired) electrons. The molecule has 1 N–H and O–H groups in total. The third-order valence-corrected chi connectivity index (χ3v) is 5.66. The lowest BCUT2D eigenvalue weighted by Gasteiger charge is -2.33. The Morgan fingerprint density at radius 3 is 2.67 bits per heavy atom. The second-order valence-corrected chi connectivity index (χ2v) is 7.87. The Morgan fingerprint density at radius 1 is 1.27 bits per heavy atom. The van der Waals surface area contributed by atoms with E-state index >= 15 is 0 Å². The number of halogens is 1. The molecule has 1 aliphatic rings. The van der Waals surface area contributed by atoms with E-state index in [1.54, 1.807) is 37.7 Å². The van der Waals surface area contributed by atoms with Crippen LogP contribution in [0.1, 0.15) is 49.3 Å². The van der Waals surface area contributed by atoms with Gasteiger partial charge in [-0.3, -0.25) is 19.5 Å². The molecule has 0 bridgehead atoms. The number of pyridine rings is 1. The van der Waals surface area contributed by atoms with Gasteiger partial charge in [0.25, 0.3) is 0 Å². The van der Waals surface area contributed by atoms with Gasteiger partial charge in [-0.15, -0.1) is 11.6 Å². The summed E-state index contributed by atoms with van der Waals surface area (Å²) >= 11 is 5.98. The van der Waals surface area contributed by atoms with E-state index in [1.165, 1.54) is 11.3 Å². The van der Waals surface area contributed by atoms with Crippen molar-refractivity contribution in [3.8, 4) is 5.75 Å². The van der Waals surface area contributed by atoms with E-state index in [4.69, 9.17) is 16.3 Å². The zero-order chi connectivity index (χ0) is 21.5. The van der Waals surface area contributed by atoms with Crippen molar-refractivity contribution in [2.45, 2.75) is 51.1 Å². The first-order valence-electron chi connectivity index (χ1n) is 10.3. The molecule has 160 valence electrons. The van der Waals surface area contributed by atoms with Gasteiger partial charge in [0.05, 0.1) is 12.8 Å². The predicted octanol–water partition coefficient (Wildman–Crippen LogP) is 4.16. The van der Waals surface area contributed by atoms with Crippen molar-refractivity contribution in [3.05, 3.63) is 53.9 Å². The molecule has 2 amide bonds. The first kappa shape index (κ1) is 22.1. The number of amides is 2. The lowest BCUT2D eigenvalue weighted by molar-refractivity contribution is -0.126. The molecule has 1 aliphatic carbocycles. The third kappa shape index (κ3) is 5.11. The number of rotatable bonds is 7. The number of benzene rings is 1. The Labute approximate surface area is 182 Å². The van der Waals surface area contributed by atoms with Crippen LogP contribution in [0.2, 0.25) is 0 Å². The highest BCUT2D eigenvalue weighted by Crippen LogP contribution is 2.36. The molecule has 7 heteroatoms. The number of nitrogens with one attached hydrogen (secondary N) is 1. The minimum atomic E-state index is -0.900. The van der Waals surface area contributed by atoms with Crippen LogP contribution in [0.15, 0.2) is 42.7 Å². The van der Waals surface area contributed by atoms with Crippen LogP contribution >= 0.6 is 11.6 Å². The molecule has 0 spiro atoms. The van der Waals surface area contributed by atoms with Crippen LogP contribution < -0.4 is 15.0 Å². The SMILES string of the molecule is COc1ccc(C)cc1N(C(=O)CCl)C(C(=O)NC1CCCCC1)c1cccnc1. The van der Waals surface area contributed by atoms with Crippen molar-refractivity contribution in [3.63, 3.8) is 0 Å². The summed E-state index contributed by atoms with van der Waals surface area (Å²) in [6, 6.07) is 8.29. The van der Waals surface area contributed by atoms with Crippen LogP contribution in [0, 0.1) is 6.92 Å². The topological polar surface area (TPSA) is 71.5 Å². The van der Waals surface area contributed by atoms with Crippen molar-refractivity contribution >= 4 is 29.1 Å². The second-order valence-electron chi connectivity index (χ2n) is 7.61. The van der Waals surface area contributed by atoms with Gasteiger partial charge in [0.1, 0.15) is 17.7 Å². The maximum absolute atomic E-state index is 13.5. The molecule has 1 aromatic carbocycles. The number of aromatic nitrogens is 1. The zero-order valence-corrected chi connectivity index (χ0v) is 18.2. The fourth-order valence-corrected chi connectivity index (χ4v) is 4.08. The van der Waals surface area contributed by atoms with Crippen LogP contribution in [-0.2, 0) is 9.59 Å². The molecule has 0 saturated heterocycles. The summed E-state index contributed by atoms with van der Waals surface area (Å²) in [5.74, 6) is -0.381. The molecule has 1 aromatic heterocycles. The molecule has 6 nitrogen and oxygen atoms in total. The summed E-state index contributed by atoms with van der Waals surface area (Å²) in [6.45, 7) is 1.92. The Balaban J connectivity index is 2.07. The van der Waals surface area contributed by atoms with Gasteiger partial charge >= 0.3 is 0 Å². The summed E-state index contributed by atoms with van der Waals surface area (Å²) < 4.78 is 5.51. The molecule has 1 fully saturated rings. The fourth-order valence-electron chi connectivity index (χ4n) is 3.95. The molecule has 1 saturated carbocycles. The van der Waals surface area contributed by atoms with Crippen molar-refractivity contribution < 1.29 is 14.3 Å². The van der Waals surface area contributed by atoms with Gasteiger partial charge < -0.3 is 10.1 Å². The number of carbonyl (C=O) groups is 2. The van der Waals surface area contributed by atoms with Gasteiger partial charge in [-0.2, -0.15) is 0 Å². The largest absolute Gasteiger partial charge is 0.495 e. The lowest BCUT2D eigenvalue weighted by atomic mass is 9.94. The first-order chi connectivity index (χ1) is 14.5. The number of carbonyl (C=O) groups excluding carboxylic acids is 2. The first-order valence-corrected chi connectivity index (χ1v) is 10.8. The number of nitrogens with zero attached hydrogens (tertiary/aromatic N) is 2. The minimum absolute atomic E-state index is 0.109. The summed E-state index contributed by atoms with van der Waals surface area (Å²) in [7, 11) is 1.54. The zero-order valence-electron chi connectivity index (χ0n) is 17.4. The van der Waals surface area contributed by atoms with E-state index in [0.29, 0.717) is 17.0 Å². The highest BCUT2D eigenvalue weighted by molar-refractivity contribution is 6.30. The monoisotopic (exact) mass is 429 g/mol. The minimum Gasteiger partial charge on any atom is -0.495 e. The number of ether oxygens (including phenoxy) is 1. The second kappa shape index (κ2) is 10.4. The Bertz CT molecular complexity index is 869. The van der Waals surface area contributed by atoms with Crippen molar-refractivity contribution in [1.29, 1.82) is 0 Å². The summed E-state index contributed by atoms with van der Waals surface area (Å²) in [5.41, 5.74) is 2.07. The molecule has 2 aromatic rings. The summed E-state index contributed by atoms with van der Waals surface area (Å²) in [5, 5.41) is 3.15. The number of hydrogen-bond donors (Lipinski definition) is 1. The van der Waals surface area contributed by atoms with Gasteiger partial charge in [0.15, 0.2) is 0 Å². The van der Waals surface area contributed by atoms with E-state index in [9.17, 15) is 9.59 Å². The summed E-state index contributed by atoms with van der Waals surface area (Å²) in [6.07, 6.45) is 8.53. The average Bonchev–Trinajstić information content (AvgIpc) is 2.78. The van der Waals surface area contributed by atoms with Crippen molar-refractivity contribution in [2.75, 3.05) is 17.9 Å². The number of methoxy groups -OCH3 is 1. The predicted molar refractivity (Wildman–Crippen MR) is 118 cm³/mol. The Kier molecular flexibility index (Phi) is 7.69. The molecule has 1 unspecified atom stereocenters. The van der Waals surface area contributed by atoms with E-state index in [-0.39, 0.29) is 23.7 Å². The highest BCUT2D eigenvalue weighted by atomic mass is 35.5. The molecule has 1 atom stereocenters. The Hall–Kier alpha value is -2.60. The van der Waals surface area contributed by atoms with Crippen molar-refractivity contribution in [1.82, 2.24) is 10.3 Å². The van der Waals surface area contributed by atoms with Crippen LogP contribution in [0.4, 0.5) is 5.69 Å². The number of alkyl halides is 1. The van der Waals surface area contributed by atoms with Crippen LogP contribution in [-0.4, -0.2) is 35.8 Å². The Morgan fingerprint density at radius 2 is 2.03 bits per heavy atom. The van der Waals surface area contributed by atoms with Crippen LogP contribution in [0.25, 0.3) is 0 Å². The van der Waals surface area contributed by atoms with Gasteiger partial charge in [-0.25, -0.2) is 0 Å². The lowest BCUT2D eigenvalue weighted by Crippen LogP contribution is -2.47. The standard InChI is InChI=1S/C23H28ClN3O3/c1-16-10-11-20(30-2)19(13-16)27(21(28)14-24)22(17-7-6-12-25-15-17)23(29)26-18-8-4-3-5-9-18/h6-7,10-13,15,18,22H,3-5,8-9,14H2,1-2H3,(H,26,29). The number of hydrogen-bond acceptors (Lipinski definition) is 4. The van der Waals surface area contributed by atoms with Gasteiger partial charge in [-0.05, 0) is 43.5 Å². The average molecular weight is 430 g/mol. The van der Waals surface area contributed by atoms with E-state index in [1.807, 2.05) is 19.1 Å². The van der Waals surface area contributed by atoms with E-state index in [0.717, 1.165) is 31.2 Å². The van der Waals surface area contributed by atoms with Crippen molar-refractivity contribution in [2.24, 2.45) is 0 Å². The maximum Gasteiger partial charge on any atom is 0.248 e. The van der Waals surface area contributed by atoms with E-state index in [2.05, 4.69) is 10.3 Å². The smallest absolute Gasteiger partial charge is 0.248 e. The molecular weight excluding hydrogens is 402 g/mol. The third-order valence-electron chi connectivity index (χ3n) is 5.44. The van der Waals surface area contributed by atoms with Crippen LogP contribution in [0.5, 0.6) is 5.75 Å². The maximum atomic E-state index is 13.5. The van der Waals surface area contributed by atoms with Crippen LogP contribution in [0.3, 0.4) is 0 Å². The van der Waals surface area contributed by atoms with Gasteiger partial charge in [-0.1, -0.05) is 31.4 Å². The van der Waals surface area contributed by atoms with E-state index < -0.39 is 6.04 Å². The highest BCUT2D eigenvalue weighted by Gasteiger charge is 2.35. The molecule has 0 aliphatic heterocycles. The molecule has 30 heavy (non-hydrogen) atoms.